The monoisotopic (exact) mass is 291 g/mol. The summed E-state index contributed by atoms with van der Waals surface area (Å²) in [7, 11) is 0.431. The molecule has 2 saturated carbocycles. The molecule has 0 aromatic heterocycles. The quantitative estimate of drug-likeness (QED) is 0.805. The second-order valence-corrected chi connectivity index (χ2v) is 6.86. The molecule has 5 heteroatoms. The van der Waals surface area contributed by atoms with Crippen molar-refractivity contribution in [3.05, 3.63) is 29.6 Å². The third kappa shape index (κ3) is 3.30. The Morgan fingerprint density at radius 2 is 2.10 bits per heavy atom. The van der Waals surface area contributed by atoms with Gasteiger partial charge in [0.05, 0.1) is 0 Å². The van der Waals surface area contributed by atoms with Gasteiger partial charge < -0.3 is 14.9 Å². The van der Waals surface area contributed by atoms with Gasteiger partial charge in [0.25, 0.3) is 0 Å². The van der Waals surface area contributed by atoms with Gasteiger partial charge in [0.1, 0.15) is 5.82 Å². The first-order valence-corrected chi connectivity index (χ1v) is 7.86. The molecule has 114 valence electrons. The maximum atomic E-state index is 14.0. The van der Waals surface area contributed by atoms with Gasteiger partial charge in [-0.15, -0.1) is 0 Å². The zero-order valence-electron chi connectivity index (χ0n) is 12.5. The van der Waals surface area contributed by atoms with Crippen LogP contribution in [0.2, 0.25) is 0 Å². The minimum Gasteiger partial charge on any atom is -0.423 e. The first-order valence-electron chi connectivity index (χ1n) is 7.86. The number of benzene rings is 1. The molecule has 0 amide bonds. The summed E-state index contributed by atoms with van der Waals surface area (Å²) in [6, 6.07) is 4.45. The van der Waals surface area contributed by atoms with Gasteiger partial charge in [-0.1, -0.05) is 18.6 Å². The second-order valence-electron chi connectivity index (χ2n) is 6.86. The van der Waals surface area contributed by atoms with Gasteiger partial charge in [0.15, 0.2) is 0 Å². The summed E-state index contributed by atoms with van der Waals surface area (Å²) in [6.45, 7) is 1.60. The van der Waals surface area contributed by atoms with Crippen LogP contribution in [-0.4, -0.2) is 35.7 Å². The van der Waals surface area contributed by atoms with Gasteiger partial charge >= 0.3 is 7.12 Å². The molecule has 0 saturated heterocycles. The molecule has 0 spiro atoms. The Morgan fingerprint density at radius 3 is 2.67 bits per heavy atom. The van der Waals surface area contributed by atoms with E-state index in [1.807, 2.05) is 7.05 Å². The Balaban J connectivity index is 1.58. The topological polar surface area (TPSA) is 43.7 Å². The van der Waals surface area contributed by atoms with E-state index in [0.29, 0.717) is 12.1 Å². The van der Waals surface area contributed by atoms with Crippen LogP contribution in [0.3, 0.4) is 0 Å². The first kappa shape index (κ1) is 15.0. The van der Waals surface area contributed by atoms with Crippen molar-refractivity contribution in [2.24, 2.45) is 17.8 Å². The molecule has 3 rings (SSSR count). The minimum absolute atomic E-state index is 0.201. The lowest BCUT2D eigenvalue weighted by Crippen LogP contribution is -2.31. The third-order valence-electron chi connectivity index (χ3n) is 5.25. The number of hydrogen-bond acceptors (Lipinski definition) is 3. The molecule has 1 aromatic carbocycles. The molecule has 2 bridgehead atoms. The lowest BCUT2D eigenvalue weighted by atomic mass is 9.80. The van der Waals surface area contributed by atoms with E-state index in [2.05, 4.69) is 4.90 Å². The van der Waals surface area contributed by atoms with Gasteiger partial charge in [-0.2, -0.15) is 0 Å². The molecule has 2 N–H and O–H groups in total. The predicted molar refractivity (Wildman–Crippen MR) is 81.5 cm³/mol. The standard InChI is InChI=1S/C16H23BFNO2/c1-19(10-14-7-11-2-3-12(14)6-11)9-13-4-5-15(17(20)21)8-16(13)18/h4-5,8,11-12,14,20-21H,2-3,6-7,9-10H2,1H3. The maximum Gasteiger partial charge on any atom is 0.488 e. The Kier molecular flexibility index (Phi) is 4.34. The summed E-state index contributed by atoms with van der Waals surface area (Å²) < 4.78 is 14.0. The number of fused-ring (bicyclic) bond motifs is 2. The molecule has 2 aliphatic rings. The fourth-order valence-electron chi connectivity index (χ4n) is 4.21. The van der Waals surface area contributed by atoms with Crippen LogP contribution >= 0.6 is 0 Å². The number of rotatable bonds is 5. The summed E-state index contributed by atoms with van der Waals surface area (Å²) in [4.78, 5) is 2.19. The van der Waals surface area contributed by atoms with E-state index in [1.54, 1.807) is 12.1 Å². The van der Waals surface area contributed by atoms with Crippen molar-refractivity contribution in [3.63, 3.8) is 0 Å². The number of hydrogen-bond donors (Lipinski definition) is 2. The lowest BCUT2D eigenvalue weighted by molar-refractivity contribution is 0.213. The second kappa shape index (κ2) is 6.07. The van der Waals surface area contributed by atoms with Crippen LogP contribution in [0.15, 0.2) is 18.2 Å². The van der Waals surface area contributed by atoms with E-state index in [9.17, 15) is 4.39 Å². The average Bonchev–Trinajstić information content (AvgIpc) is 3.03. The highest BCUT2D eigenvalue weighted by atomic mass is 19.1. The minimum atomic E-state index is -1.61. The SMILES string of the molecule is CN(Cc1ccc(B(O)O)cc1F)CC1CC2CCC1C2. The Hall–Kier alpha value is -0.905. The van der Waals surface area contributed by atoms with Crippen molar-refractivity contribution in [2.75, 3.05) is 13.6 Å². The van der Waals surface area contributed by atoms with Crippen molar-refractivity contribution in [1.82, 2.24) is 4.90 Å². The van der Waals surface area contributed by atoms with Crippen LogP contribution in [0.25, 0.3) is 0 Å². The van der Waals surface area contributed by atoms with E-state index >= 15 is 0 Å². The molecule has 0 radical (unpaired) electrons. The molecule has 2 fully saturated rings. The highest BCUT2D eigenvalue weighted by molar-refractivity contribution is 6.58. The normalized spacial score (nSPS) is 27.6. The zero-order valence-corrected chi connectivity index (χ0v) is 12.5. The number of halogens is 1. The Bertz CT molecular complexity index is 511. The molecular weight excluding hydrogens is 268 g/mol. The largest absolute Gasteiger partial charge is 0.488 e. The van der Waals surface area contributed by atoms with Crippen molar-refractivity contribution in [2.45, 2.75) is 32.2 Å². The molecule has 3 unspecified atom stereocenters. The van der Waals surface area contributed by atoms with Crippen LogP contribution < -0.4 is 5.46 Å². The van der Waals surface area contributed by atoms with Crippen molar-refractivity contribution < 1.29 is 14.4 Å². The van der Waals surface area contributed by atoms with Crippen LogP contribution in [0, 0.1) is 23.6 Å². The smallest absolute Gasteiger partial charge is 0.423 e. The van der Waals surface area contributed by atoms with E-state index in [1.165, 1.54) is 31.7 Å². The zero-order chi connectivity index (χ0) is 15.0. The predicted octanol–water partition coefficient (Wildman–Crippen LogP) is 1.37. The summed E-state index contributed by atoms with van der Waals surface area (Å²) in [5.74, 6) is 2.24. The van der Waals surface area contributed by atoms with Crippen LogP contribution in [0.1, 0.15) is 31.2 Å². The highest BCUT2D eigenvalue weighted by Gasteiger charge is 2.39. The Labute approximate surface area is 125 Å². The summed E-state index contributed by atoms with van der Waals surface area (Å²) in [6.07, 6.45) is 5.52. The molecule has 0 aliphatic heterocycles. The van der Waals surface area contributed by atoms with E-state index in [4.69, 9.17) is 10.0 Å². The molecular formula is C16H23BFNO2. The molecule has 2 aliphatic carbocycles. The summed E-state index contributed by atoms with van der Waals surface area (Å²) in [5, 5.41) is 18.1. The fraction of sp³-hybridized carbons (Fsp3) is 0.625. The molecule has 0 heterocycles. The molecule has 3 nitrogen and oxygen atoms in total. The van der Waals surface area contributed by atoms with Crippen LogP contribution in [0.4, 0.5) is 4.39 Å². The van der Waals surface area contributed by atoms with Gasteiger partial charge in [0, 0.05) is 18.7 Å². The van der Waals surface area contributed by atoms with Gasteiger partial charge in [0.2, 0.25) is 0 Å². The molecule has 3 atom stereocenters. The van der Waals surface area contributed by atoms with Crippen molar-refractivity contribution in [1.29, 1.82) is 0 Å². The summed E-state index contributed by atoms with van der Waals surface area (Å²) in [5.41, 5.74) is 0.817. The molecule has 1 aromatic rings. The van der Waals surface area contributed by atoms with E-state index in [0.717, 1.165) is 24.3 Å². The van der Waals surface area contributed by atoms with Crippen LogP contribution in [0.5, 0.6) is 0 Å². The average molecular weight is 291 g/mol. The third-order valence-corrected chi connectivity index (χ3v) is 5.25. The van der Waals surface area contributed by atoms with E-state index < -0.39 is 7.12 Å². The van der Waals surface area contributed by atoms with Crippen molar-refractivity contribution >= 4 is 12.6 Å². The van der Waals surface area contributed by atoms with Gasteiger partial charge in [-0.3, -0.25) is 0 Å². The van der Waals surface area contributed by atoms with E-state index in [-0.39, 0.29) is 11.3 Å². The van der Waals surface area contributed by atoms with Gasteiger partial charge in [-0.25, -0.2) is 4.39 Å². The summed E-state index contributed by atoms with van der Waals surface area (Å²) >= 11 is 0. The number of nitrogens with zero attached hydrogens (tertiary/aromatic N) is 1. The first-order chi connectivity index (χ1) is 10.0. The lowest BCUT2D eigenvalue weighted by Gasteiger charge is -2.27. The van der Waals surface area contributed by atoms with Gasteiger partial charge in [-0.05, 0) is 55.6 Å². The molecule has 21 heavy (non-hydrogen) atoms. The fourth-order valence-corrected chi connectivity index (χ4v) is 4.21. The highest BCUT2D eigenvalue weighted by Crippen LogP contribution is 2.48. The Morgan fingerprint density at radius 1 is 1.29 bits per heavy atom. The van der Waals surface area contributed by atoms with Crippen LogP contribution in [-0.2, 0) is 6.54 Å². The maximum absolute atomic E-state index is 14.0. The van der Waals surface area contributed by atoms with Crippen molar-refractivity contribution in [3.8, 4) is 0 Å².